The van der Waals surface area contributed by atoms with Gasteiger partial charge in [0.05, 0.1) is 68.3 Å². The van der Waals surface area contributed by atoms with E-state index in [-0.39, 0.29) is 17.5 Å². The molecule has 0 aliphatic rings. The summed E-state index contributed by atoms with van der Waals surface area (Å²) in [5.74, 6) is 1.75. The molecule has 594 valence electrons. The summed E-state index contributed by atoms with van der Waals surface area (Å²) in [6, 6.07) is 108. The van der Waals surface area contributed by atoms with E-state index in [1.54, 1.807) is 79.0 Å². The Kier molecular flexibility index (Phi) is 29.0. The lowest BCUT2D eigenvalue weighted by Gasteiger charge is -2.11. The van der Waals surface area contributed by atoms with Crippen molar-refractivity contribution in [3.63, 3.8) is 0 Å². The van der Waals surface area contributed by atoms with Gasteiger partial charge in [0.15, 0.2) is 0 Å². The lowest BCUT2D eigenvalue weighted by Crippen LogP contribution is -2.08. The van der Waals surface area contributed by atoms with Crippen LogP contribution in [-0.2, 0) is 67.2 Å². The lowest BCUT2D eigenvalue weighted by atomic mass is 9.99. The van der Waals surface area contributed by atoms with Gasteiger partial charge in [0.2, 0.25) is 0 Å². The summed E-state index contributed by atoms with van der Waals surface area (Å²) in [4.78, 5) is 65.0. The van der Waals surface area contributed by atoms with Gasteiger partial charge >= 0.3 is 23.9 Å². The highest BCUT2D eigenvalue weighted by molar-refractivity contribution is 7.98. The van der Waals surface area contributed by atoms with Gasteiger partial charge in [0, 0.05) is 55.0 Å². The van der Waals surface area contributed by atoms with Crippen molar-refractivity contribution in [2.24, 2.45) is 0 Å². The van der Waals surface area contributed by atoms with Crippen molar-refractivity contribution in [3.8, 4) is 34.5 Å². The second-order valence-corrected chi connectivity index (χ2v) is 29.5. The monoisotopic (exact) mass is 1610 g/mol. The molecule has 0 bridgehead atoms. The number of aromatic carboxylic acids is 2. The van der Waals surface area contributed by atoms with Crippen LogP contribution in [-0.4, -0.2) is 64.2 Å². The Bertz CT molecular complexity index is 6150. The van der Waals surface area contributed by atoms with Crippen LogP contribution in [0.15, 0.2) is 350 Å². The molecule has 0 aliphatic heterocycles. The molecule has 1 atom stereocenters. The summed E-state index contributed by atoms with van der Waals surface area (Å²) in [6.07, 6.45) is -0.0000270. The van der Waals surface area contributed by atoms with Gasteiger partial charge in [-0.15, -0.1) is 23.5 Å². The molecule has 4 heterocycles. The molecule has 0 saturated carbocycles. The van der Waals surface area contributed by atoms with Gasteiger partial charge in [-0.25, -0.2) is 19.6 Å². The average molecular weight is 1620 g/mol. The van der Waals surface area contributed by atoms with Gasteiger partial charge in [0.25, 0.3) is 0 Å². The number of aliphatic carboxylic acids is 2. The van der Waals surface area contributed by atoms with Gasteiger partial charge in [-0.2, -0.15) is 0 Å². The summed E-state index contributed by atoms with van der Waals surface area (Å²) in [7, 11) is 0. The van der Waals surface area contributed by atoms with E-state index in [0.717, 1.165) is 133 Å². The number of pyridine rings is 4. The van der Waals surface area contributed by atoms with Crippen molar-refractivity contribution >= 4 is 91.0 Å². The Balaban J connectivity index is 0.000000137. The molecule has 20 heteroatoms. The number of nitrogens with zero attached hydrogens (tertiary/aromatic N) is 4. The lowest BCUT2D eigenvalue weighted by molar-refractivity contribution is -0.138. The van der Waals surface area contributed by atoms with Crippen molar-refractivity contribution in [3.05, 3.63) is 407 Å². The van der Waals surface area contributed by atoms with Crippen LogP contribution in [0.4, 0.5) is 0 Å². The third-order valence-electron chi connectivity index (χ3n) is 18.6. The summed E-state index contributed by atoms with van der Waals surface area (Å²) in [5.41, 5.74) is 13.3. The molecule has 0 fully saturated rings. The fraction of sp³-hybridized carbons (Fsp3) is 0.111. The molecule has 16 rings (SSSR count). The van der Waals surface area contributed by atoms with E-state index >= 15 is 0 Å². The predicted octanol–water partition coefficient (Wildman–Crippen LogP) is 22.2. The van der Waals surface area contributed by atoms with Gasteiger partial charge in [-0.3, -0.25) is 19.6 Å². The topological polar surface area (TPSA) is 256 Å². The van der Waals surface area contributed by atoms with Crippen LogP contribution < -0.4 is 28.4 Å². The number of carboxylic acids is 4. The Hall–Kier alpha value is -14.3. The maximum absolute atomic E-state index is 11.2. The Labute approximate surface area is 696 Å². The Morgan fingerprint density at radius 1 is 0.294 bits per heavy atom. The fourth-order valence-electron chi connectivity index (χ4n) is 12.3. The number of benzene rings is 12. The number of fused-ring (bicyclic) bond motifs is 4. The molecule has 119 heavy (non-hydrogen) atoms. The smallest absolute Gasteiger partial charge is 0.335 e. The van der Waals surface area contributed by atoms with Gasteiger partial charge in [-0.05, 0) is 180 Å². The van der Waals surface area contributed by atoms with E-state index in [1.807, 2.05) is 255 Å². The minimum atomic E-state index is -0.937. The third kappa shape index (κ3) is 25.3. The molecule has 4 N–H and O–H groups in total. The summed E-state index contributed by atoms with van der Waals surface area (Å²) < 4.78 is 35.2. The summed E-state index contributed by atoms with van der Waals surface area (Å²) in [6.45, 7) is 3.82. The minimum Gasteiger partial charge on any atom is -0.489 e. The fourth-order valence-corrected chi connectivity index (χ4v) is 13.9. The molecule has 4 aromatic heterocycles. The molecule has 16 aromatic rings. The summed E-state index contributed by atoms with van der Waals surface area (Å²) >= 11 is 3.44. The van der Waals surface area contributed by atoms with Gasteiger partial charge in [-0.1, -0.05) is 188 Å². The van der Waals surface area contributed by atoms with Crippen LogP contribution in [0.2, 0.25) is 0 Å². The van der Waals surface area contributed by atoms with E-state index in [9.17, 15) is 24.3 Å². The Morgan fingerprint density at radius 3 is 1.15 bits per heavy atom. The first-order valence-corrected chi connectivity index (χ1v) is 40.1. The average Bonchev–Trinajstić information content (AvgIpc) is 0.844. The number of ether oxygens (including phenoxy) is 6. The van der Waals surface area contributed by atoms with Crippen LogP contribution >= 0.6 is 23.5 Å². The van der Waals surface area contributed by atoms with Crippen LogP contribution in [0.1, 0.15) is 89.7 Å². The van der Waals surface area contributed by atoms with Crippen LogP contribution in [0.3, 0.4) is 0 Å². The van der Waals surface area contributed by atoms with Crippen LogP contribution in [0, 0.1) is 0 Å². The molecular formula is C99H82N4O14S2. The van der Waals surface area contributed by atoms with E-state index in [0.29, 0.717) is 62.6 Å². The molecule has 18 nitrogen and oxygen atoms in total. The number of hydrogen-bond donors (Lipinski definition) is 4. The van der Waals surface area contributed by atoms with E-state index in [4.69, 9.17) is 53.7 Å². The number of thioether (sulfide) groups is 2. The zero-order chi connectivity index (χ0) is 82.5. The second kappa shape index (κ2) is 41.8. The number of carboxylic acid groups (broad SMARTS) is 4. The van der Waals surface area contributed by atoms with Crippen molar-refractivity contribution in [2.45, 2.75) is 80.2 Å². The first kappa shape index (κ1) is 82.6. The van der Waals surface area contributed by atoms with Crippen molar-refractivity contribution in [2.75, 3.05) is 0 Å². The van der Waals surface area contributed by atoms with E-state index in [1.165, 1.54) is 0 Å². The zero-order valence-corrected chi connectivity index (χ0v) is 66.4. The standard InChI is InChI=1S/C26H23NO4.C25H21NO4.2C24H19NO3S/c1-18(26(28)29)21-8-4-6-19(14-21)16-30-23-9-5-10-24(15-23)31-17-22-13-12-20-7-2-3-11-25(20)27-22;27-25(28)14-18-5-3-6-19(13-18)16-29-22-8-4-9-23(15-22)30-17-21-12-11-20-7-1-2-10-24(20)26-21;26-24(27)19-7-3-5-17(13-19)15-28-21-8-4-9-22(14-21)29-16-20-12-11-18-6-1-2-10-23(18)25-20;26-24(27)19-7-5-17(6-8-19)15-28-21-11-13-22(14-12-21)29-16-20-10-9-18-3-1-2-4-23(18)25-20/h2-15,18H,16-17H2,1H3,(H,28,29);1-13,15H,14,16-17H2,(H,27,28);2*1-14H,15-16H2,(H,26,27). The molecule has 0 radical (unpaired) electrons. The van der Waals surface area contributed by atoms with Crippen molar-refractivity contribution in [1.82, 2.24) is 19.9 Å². The van der Waals surface area contributed by atoms with Crippen molar-refractivity contribution < 1.29 is 68.0 Å². The quantitative estimate of drug-likeness (QED) is 0.0305. The van der Waals surface area contributed by atoms with Gasteiger partial charge < -0.3 is 48.8 Å². The largest absolute Gasteiger partial charge is 0.489 e. The number of rotatable bonds is 30. The highest BCUT2D eigenvalue weighted by atomic mass is 32.2. The van der Waals surface area contributed by atoms with Gasteiger partial charge in [0.1, 0.15) is 74.1 Å². The van der Waals surface area contributed by atoms with Crippen molar-refractivity contribution in [1.29, 1.82) is 0 Å². The molecule has 12 aromatic carbocycles. The number of aromatic nitrogens is 4. The Morgan fingerprint density at radius 2 is 0.672 bits per heavy atom. The minimum absolute atomic E-state index is 0.0000270. The molecule has 0 amide bonds. The molecular weight excluding hydrogens is 1530 g/mol. The SMILES string of the molecule is CC(C(=O)O)c1cccc(COc2cccc(OCc3ccc4ccccc4n3)c2)c1.O=C(O)Cc1cccc(COc2cccc(OCc3ccc4ccccc4n3)c2)c1.O=C(O)c1ccc(COc2ccc(SCc3ccc4ccccc4n3)cc2)cc1.O=C(O)c1cccc(COc2cccc(SCc3ccc4ccccc4n3)c2)c1. The molecule has 1 unspecified atom stereocenters. The highest BCUT2D eigenvalue weighted by Gasteiger charge is 2.15. The number of para-hydroxylation sites is 4. The second-order valence-electron chi connectivity index (χ2n) is 27.4. The third-order valence-corrected chi connectivity index (χ3v) is 20.6. The van der Waals surface area contributed by atoms with E-state index < -0.39 is 29.8 Å². The first-order valence-electron chi connectivity index (χ1n) is 38.2. The number of carbonyl (C=O) groups is 4. The summed E-state index contributed by atoms with van der Waals surface area (Å²) in [5, 5.41) is 40.7. The highest BCUT2D eigenvalue weighted by Crippen LogP contribution is 2.31. The van der Waals surface area contributed by atoms with Crippen LogP contribution in [0.25, 0.3) is 43.6 Å². The molecule has 0 aliphatic carbocycles. The molecule has 0 spiro atoms. The van der Waals surface area contributed by atoms with Crippen LogP contribution in [0.5, 0.6) is 34.5 Å². The first-order chi connectivity index (χ1) is 58.1. The maximum atomic E-state index is 11.2. The zero-order valence-electron chi connectivity index (χ0n) is 64.7. The number of hydrogen-bond acceptors (Lipinski definition) is 16. The van der Waals surface area contributed by atoms with E-state index in [2.05, 4.69) is 46.4 Å². The maximum Gasteiger partial charge on any atom is 0.335 e. The normalized spacial score (nSPS) is 11.0. The molecule has 0 saturated heterocycles. The predicted molar refractivity (Wildman–Crippen MR) is 465 cm³/mol.